The van der Waals surface area contributed by atoms with Gasteiger partial charge in [0.25, 0.3) is 0 Å². The van der Waals surface area contributed by atoms with Gasteiger partial charge >= 0.3 is 0 Å². The Balaban J connectivity index is 2.16. The van der Waals surface area contributed by atoms with Gasteiger partial charge in [-0.3, -0.25) is 0 Å². The van der Waals surface area contributed by atoms with E-state index in [4.69, 9.17) is 0 Å². The number of nitrogens with one attached hydrogen (secondary N) is 1. The summed E-state index contributed by atoms with van der Waals surface area (Å²) in [6.45, 7) is 10.3. The Bertz CT molecular complexity index is 423. The fourth-order valence-corrected chi connectivity index (χ4v) is 3.13. The second-order valence-electron chi connectivity index (χ2n) is 5.86. The monoisotopic (exact) mass is 216 g/mol. The van der Waals surface area contributed by atoms with E-state index < -0.39 is 0 Å². The molecule has 0 spiro atoms. The van der Waals surface area contributed by atoms with Crippen LogP contribution >= 0.6 is 0 Å². The number of anilines is 1. The van der Waals surface area contributed by atoms with Gasteiger partial charge in [0.1, 0.15) is 0 Å². The first-order valence-corrected chi connectivity index (χ1v) is 6.19. The molecule has 1 aromatic carbocycles. The number of hydrogen-bond acceptors (Lipinski definition) is 2. The van der Waals surface area contributed by atoms with Crippen LogP contribution < -0.4 is 10.2 Å². The summed E-state index contributed by atoms with van der Waals surface area (Å²) in [6, 6.07) is 7.35. The molecule has 0 aliphatic carbocycles. The lowest BCUT2D eigenvalue weighted by Crippen LogP contribution is -2.37. The molecular weight excluding hydrogens is 196 g/mol. The van der Waals surface area contributed by atoms with E-state index >= 15 is 0 Å². The second kappa shape index (κ2) is 3.24. The summed E-state index contributed by atoms with van der Waals surface area (Å²) in [7, 11) is 0. The molecule has 0 bridgehead atoms. The molecule has 0 amide bonds. The van der Waals surface area contributed by atoms with Crippen molar-refractivity contribution >= 4 is 5.69 Å². The molecule has 3 rings (SSSR count). The molecule has 0 saturated carbocycles. The van der Waals surface area contributed by atoms with Crippen LogP contribution in [0.15, 0.2) is 18.2 Å². The number of hydrogen-bond donors (Lipinski definition) is 1. The number of para-hydroxylation sites is 1. The predicted octanol–water partition coefficient (Wildman–Crippen LogP) is 2.28. The van der Waals surface area contributed by atoms with E-state index in [-0.39, 0.29) is 0 Å². The average molecular weight is 216 g/mol. The first-order chi connectivity index (χ1) is 7.58. The first-order valence-electron chi connectivity index (χ1n) is 6.19. The smallest absolute Gasteiger partial charge is 0.0451 e. The van der Waals surface area contributed by atoms with Gasteiger partial charge in [-0.1, -0.05) is 32.0 Å². The normalized spacial score (nSPS) is 26.4. The highest BCUT2D eigenvalue weighted by Gasteiger charge is 2.37. The molecule has 1 aromatic rings. The largest absolute Gasteiger partial charge is 0.369 e. The molecule has 1 atom stereocenters. The molecule has 0 saturated heterocycles. The minimum atomic E-state index is 0.308. The lowest BCUT2D eigenvalue weighted by Gasteiger charge is -2.24. The Kier molecular flexibility index (Phi) is 2.05. The molecule has 2 heterocycles. The van der Waals surface area contributed by atoms with Crippen LogP contribution in [0.2, 0.25) is 0 Å². The maximum absolute atomic E-state index is 3.58. The molecule has 2 aliphatic rings. The van der Waals surface area contributed by atoms with Gasteiger partial charge in [0.05, 0.1) is 0 Å². The van der Waals surface area contributed by atoms with E-state index in [0.717, 1.165) is 19.6 Å². The van der Waals surface area contributed by atoms with Crippen molar-refractivity contribution in [3.8, 4) is 0 Å². The predicted molar refractivity (Wildman–Crippen MR) is 68.0 cm³/mol. The molecule has 0 aromatic heterocycles. The Morgan fingerprint density at radius 2 is 2.19 bits per heavy atom. The van der Waals surface area contributed by atoms with Gasteiger partial charge in [-0.05, 0) is 18.1 Å². The number of rotatable bonds is 0. The van der Waals surface area contributed by atoms with Crippen LogP contribution in [-0.2, 0) is 12.0 Å². The van der Waals surface area contributed by atoms with Gasteiger partial charge in [0, 0.05) is 36.8 Å². The van der Waals surface area contributed by atoms with Crippen LogP contribution in [0, 0.1) is 0 Å². The SMILES string of the molecule is C[C@@H]1CN2CC(C)(C)c3cccc(c32)CN1. The van der Waals surface area contributed by atoms with Crippen molar-refractivity contribution in [1.82, 2.24) is 5.32 Å². The molecule has 0 fully saturated rings. The highest BCUT2D eigenvalue weighted by molar-refractivity contribution is 5.67. The molecule has 16 heavy (non-hydrogen) atoms. The molecule has 1 N–H and O–H groups in total. The Hall–Kier alpha value is -1.02. The van der Waals surface area contributed by atoms with Crippen LogP contribution in [0.1, 0.15) is 31.9 Å². The summed E-state index contributed by atoms with van der Waals surface area (Å²) in [5, 5.41) is 3.58. The lowest BCUT2D eigenvalue weighted by molar-refractivity contribution is 0.509. The number of nitrogens with zero attached hydrogens (tertiary/aromatic N) is 1. The minimum absolute atomic E-state index is 0.308. The molecule has 2 nitrogen and oxygen atoms in total. The van der Waals surface area contributed by atoms with Crippen molar-refractivity contribution < 1.29 is 0 Å². The molecule has 2 aliphatic heterocycles. The van der Waals surface area contributed by atoms with E-state index in [9.17, 15) is 0 Å². The van der Waals surface area contributed by atoms with Crippen molar-refractivity contribution in [3.63, 3.8) is 0 Å². The highest BCUT2D eigenvalue weighted by atomic mass is 15.2. The third-order valence-electron chi connectivity index (χ3n) is 3.89. The Morgan fingerprint density at radius 3 is 3.00 bits per heavy atom. The van der Waals surface area contributed by atoms with E-state index in [0.29, 0.717) is 11.5 Å². The van der Waals surface area contributed by atoms with Crippen molar-refractivity contribution in [3.05, 3.63) is 29.3 Å². The van der Waals surface area contributed by atoms with Gasteiger partial charge in [-0.2, -0.15) is 0 Å². The van der Waals surface area contributed by atoms with Gasteiger partial charge in [-0.15, -0.1) is 0 Å². The van der Waals surface area contributed by atoms with Crippen LogP contribution in [0.3, 0.4) is 0 Å². The van der Waals surface area contributed by atoms with Crippen molar-refractivity contribution in [2.45, 2.75) is 38.8 Å². The van der Waals surface area contributed by atoms with Gasteiger partial charge in [0.15, 0.2) is 0 Å². The molecule has 0 radical (unpaired) electrons. The average Bonchev–Trinajstić information content (AvgIpc) is 2.39. The highest BCUT2D eigenvalue weighted by Crippen LogP contribution is 2.43. The summed E-state index contributed by atoms with van der Waals surface area (Å²) in [4.78, 5) is 2.56. The Labute approximate surface area is 97.6 Å². The quantitative estimate of drug-likeness (QED) is 0.715. The third-order valence-corrected chi connectivity index (χ3v) is 3.89. The maximum atomic E-state index is 3.58. The fourth-order valence-electron chi connectivity index (χ4n) is 3.13. The minimum Gasteiger partial charge on any atom is -0.369 e. The van der Waals surface area contributed by atoms with Crippen molar-refractivity contribution in [2.24, 2.45) is 0 Å². The summed E-state index contributed by atoms with van der Waals surface area (Å²) >= 11 is 0. The zero-order valence-corrected chi connectivity index (χ0v) is 10.4. The molecule has 2 heteroatoms. The van der Waals surface area contributed by atoms with Crippen LogP contribution in [0.5, 0.6) is 0 Å². The topological polar surface area (TPSA) is 15.3 Å². The number of benzene rings is 1. The van der Waals surface area contributed by atoms with Crippen molar-refractivity contribution in [1.29, 1.82) is 0 Å². The zero-order chi connectivity index (χ0) is 11.3. The third kappa shape index (κ3) is 1.36. The molecular formula is C14H20N2. The standard InChI is InChI=1S/C14H20N2/c1-10-8-16-9-14(2,3)12-6-4-5-11(7-15-10)13(12)16/h4-6,10,15H,7-9H2,1-3H3/t10-/m1/s1. The summed E-state index contributed by atoms with van der Waals surface area (Å²) in [6.07, 6.45) is 0. The fraction of sp³-hybridized carbons (Fsp3) is 0.571. The molecule has 0 unspecified atom stereocenters. The first kappa shape index (κ1) is 10.2. The second-order valence-corrected chi connectivity index (χ2v) is 5.86. The zero-order valence-electron chi connectivity index (χ0n) is 10.4. The Morgan fingerprint density at radius 1 is 1.38 bits per heavy atom. The summed E-state index contributed by atoms with van der Waals surface area (Å²) in [5.41, 5.74) is 4.81. The van der Waals surface area contributed by atoms with Crippen LogP contribution in [-0.4, -0.2) is 19.1 Å². The summed E-state index contributed by atoms with van der Waals surface area (Å²) < 4.78 is 0. The van der Waals surface area contributed by atoms with E-state index in [1.165, 1.54) is 16.8 Å². The van der Waals surface area contributed by atoms with Crippen molar-refractivity contribution in [2.75, 3.05) is 18.0 Å². The maximum Gasteiger partial charge on any atom is 0.0451 e. The van der Waals surface area contributed by atoms with Crippen LogP contribution in [0.25, 0.3) is 0 Å². The molecule has 86 valence electrons. The van der Waals surface area contributed by atoms with Gasteiger partial charge in [0.2, 0.25) is 0 Å². The lowest BCUT2D eigenvalue weighted by atomic mass is 9.86. The van der Waals surface area contributed by atoms with E-state index in [2.05, 4.69) is 49.2 Å². The van der Waals surface area contributed by atoms with Gasteiger partial charge < -0.3 is 10.2 Å². The van der Waals surface area contributed by atoms with E-state index in [1.807, 2.05) is 0 Å². The summed E-state index contributed by atoms with van der Waals surface area (Å²) in [5.74, 6) is 0. The van der Waals surface area contributed by atoms with Gasteiger partial charge in [-0.25, -0.2) is 0 Å². The van der Waals surface area contributed by atoms with Crippen LogP contribution in [0.4, 0.5) is 5.69 Å². The van der Waals surface area contributed by atoms with E-state index in [1.54, 1.807) is 0 Å².